The van der Waals surface area contributed by atoms with Crippen LogP contribution in [0, 0.1) is 13.8 Å². The maximum absolute atomic E-state index is 4.88. The summed E-state index contributed by atoms with van der Waals surface area (Å²) in [5, 5.41) is 2.25. The highest BCUT2D eigenvalue weighted by Gasteiger charge is 2.02. The van der Waals surface area contributed by atoms with Crippen molar-refractivity contribution in [3.05, 3.63) is 34.0 Å². The molecule has 60 valence electrons. The Morgan fingerprint density at radius 1 is 1.00 bits per heavy atom. The molecule has 2 nitrogen and oxygen atoms in total. The number of nitrogens with zero attached hydrogens (tertiary/aromatic N) is 2. The molecule has 3 heteroatoms. The molecule has 1 aliphatic rings. The molecule has 1 aliphatic heterocycles. The molecule has 1 heterocycles. The van der Waals surface area contributed by atoms with Crippen LogP contribution in [0.5, 0.6) is 0 Å². The van der Waals surface area contributed by atoms with Crippen LogP contribution in [0.1, 0.15) is 11.1 Å². The first-order chi connectivity index (χ1) is 5.66. The number of benzene rings is 1. The summed E-state index contributed by atoms with van der Waals surface area (Å²) >= 11 is 4.88. The van der Waals surface area contributed by atoms with Crippen molar-refractivity contribution < 1.29 is 0 Å². The fourth-order valence-corrected chi connectivity index (χ4v) is 1.39. The Morgan fingerprint density at radius 3 is 1.83 bits per heavy atom. The van der Waals surface area contributed by atoms with Gasteiger partial charge >= 0.3 is 0 Å². The maximum Gasteiger partial charge on any atom is 0.220 e. The third-order valence-corrected chi connectivity index (χ3v) is 2.21. The first-order valence-corrected chi connectivity index (χ1v) is 4.16. The predicted molar refractivity (Wildman–Crippen MR) is 50.8 cm³/mol. The van der Waals surface area contributed by atoms with Gasteiger partial charge in [0.25, 0.3) is 0 Å². The molecule has 2 rings (SSSR count). The number of rotatable bonds is 0. The Kier molecular flexibility index (Phi) is 1.54. The van der Waals surface area contributed by atoms with E-state index in [1.165, 1.54) is 11.1 Å². The summed E-state index contributed by atoms with van der Waals surface area (Å²) < 4.78 is 0. The third-order valence-electron chi connectivity index (χ3n) is 2.02. The largest absolute Gasteiger partial charge is 0.220 e. The lowest BCUT2D eigenvalue weighted by Gasteiger charge is -1.94. The molecule has 0 radical (unpaired) electrons. The average molecular weight is 176 g/mol. The predicted octanol–water partition coefficient (Wildman–Crippen LogP) is 0.841. The lowest BCUT2D eigenvalue weighted by atomic mass is 10.1. The second-order valence-electron chi connectivity index (χ2n) is 2.93. The Balaban J connectivity index is 2.89. The van der Waals surface area contributed by atoms with E-state index >= 15 is 0 Å². The van der Waals surface area contributed by atoms with Crippen LogP contribution in [0.15, 0.2) is 22.1 Å². The summed E-state index contributed by atoms with van der Waals surface area (Å²) in [6, 6.07) is 4.04. The third kappa shape index (κ3) is 1.06. The first kappa shape index (κ1) is 7.55. The van der Waals surface area contributed by atoms with Gasteiger partial charge in [-0.1, -0.05) is 0 Å². The molecule has 0 unspecified atom stereocenters. The van der Waals surface area contributed by atoms with Crippen molar-refractivity contribution in [2.45, 2.75) is 13.8 Å². The van der Waals surface area contributed by atoms with E-state index in [2.05, 4.69) is 23.8 Å². The van der Waals surface area contributed by atoms with Crippen LogP contribution in [-0.4, -0.2) is 5.11 Å². The normalized spacial score (nSPS) is 13.7. The standard InChI is InChI=1S/C9H8N2S/c1-5-3-7-8(4-6(5)2)11-9(12)10-7/h3-4H,1-2H3. The van der Waals surface area contributed by atoms with Crippen molar-refractivity contribution in [3.63, 3.8) is 0 Å². The fourth-order valence-electron chi connectivity index (χ4n) is 1.20. The minimum absolute atomic E-state index is 0.440. The molecule has 0 aromatic heterocycles. The van der Waals surface area contributed by atoms with Gasteiger partial charge in [0.05, 0.1) is 10.7 Å². The van der Waals surface area contributed by atoms with E-state index in [1.54, 1.807) is 0 Å². The lowest BCUT2D eigenvalue weighted by Crippen LogP contribution is -2.22. The van der Waals surface area contributed by atoms with Crippen molar-refractivity contribution in [3.8, 4) is 0 Å². The molecule has 0 saturated heterocycles. The molecule has 0 atom stereocenters. The minimum atomic E-state index is 0.440. The summed E-state index contributed by atoms with van der Waals surface area (Å²) in [5.74, 6) is 0. The van der Waals surface area contributed by atoms with Gasteiger partial charge in [0.2, 0.25) is 5.11 Å². The van der Waals surface area contributed by atoms with E-state index in [-0.39, 0.29) is 0 Å². The molecular formula is C9H8N2S. The zero-order chi connectivity index (χ0) is 8.72. The number of aryl methyl sites for hydroxylation is 2. The van der Waals surface area contributed by atoms with Gasteiger partial charge in [-0.3, -0.25) is 0 Å². The highest BCUT2D eigenvalue weighted by molar-refractivity contribution is 7.80. The van der Waals surface area contributed by atoms with Gasteiger partial charge in [0.1, 0.15) is 0 Å². The molecule has 1 aromatic rings. The smallest absolute Gasteiger partial charge is 0.217 e. The van der Waals surface area contributed by atoms with Crippen LogP contribution in [0.4, 0.5) is 0 Å². The van der Waals surface area contributed by atoms with Gasteiger partial charge < -0.3 is 0 Å². The van der Waals surface area contributed by atoms with Crippen LogP contribution >= 0.6 is 12.2 Å². The SMILES string of the molecule is Cc1cc2c(cc1C)=NC(=S)N=2. The zero-order valence-electron chi connectivity index (χ0n) is 6.96. The Bertz CT molecular complexity index is 431. The summed E-state index contributed by atoms with van der Waals surface area (Å²) in [6.07, 6.45) is 0. The Hall–Kier alpha value is -1.09. The number of thiocarbonyl (C=S) groups is 1. The average Bonchev–Trinajstić information content (AvgIpc) is 2.30. The van der Waals surface area contributed by atoms with Crippen LogP contribution in [0.2, 0.25) is 0 Å². The Labute approximate surface area is 75.7 Å². The van der Waals surface area contributed by atoms with E-state index in [0.29, 0.717) is 5.11 Å². The molecule has 0 fully saturated rings. The fraction of sp³-hybridized carbons (Fsp3) is 0.222. The molecular weight excluding hydrogens is 168 g/mol. The molecule has 0 aliphatic carbocycles. The highest BCUT2D eigenvalue weighted by atomic mass is 32.1. The van der Waals surface area contributed by atoms with Crippen molar-refractivity contribution >= 4 is 17.3 Å². The van der Waals surface area contributed by atoms with Crippen molar-refractivity contribution in [2.75, 3.05) is 0 Å². The van der Waals surface area contributed by atoms with Crippen LogP contribution < -0.4 is 10.7 Å². The second kappa shape index (κ2) is 2.45. The number of fused-ring (bicyclic) bond motifs is 1. The van der Waals surface area contributed by atoms with Gasteiger partial charge in [-0.2, -0.15) is 0 Å². The summed E-state index contributed by atoms with van der Waals surface area (Å²) in [4.78, 5) is 8.24. The molecule has 0 bridgehead atoms. The van der Waals surface area contributed by atoms with Crippen LogP contribution in [0.25, 0.3) is 0 Å². The summed E-state index contributed by atoms with van der Waals surface area (Å²) in [5.41, 5.74) is 2.47. The van der Waals surface area contributed by atoms with Gasteiger partial charge in [-0.15, -0.1) is 0 Å². The van der Waals surface area contributed by atoms with Crippen LogP contribution in [0.3, 0.4) is 0 Å². The molecule has 12 heavy (non-hydrogen) atoms. The van der Waals surface area contributed by atoms with Crippen molar-refractivity contribution in [1.82, 2.24) is 0 Å². The zero-order valence-corrected chi connectivity index (χ0v) is 7.77. The van der Waals surface area contributed by atoms with Gasteiger partial charge in [-0.25, -0.2) is 9.98 Å². The van der Waals surface area contributed by atoms with Crippen molar-refractivity contribution in [1.29, 1.82) is 0 Å². The topological polar surface area (TPSA) is 24.7 Å². The van der Waals surface area contributed by atoms with E-state index < -0.39 is 0 Å². The molecule has 0 N–H and O–H groups in total. The van der Waals surface area contributed by atoms with Gasteiger partial charge in [0.15, 0.2) is 0 Å². The van der Waals surface area contributed by atoms with Crippen molar-refractivity contribution in [2.24, 2.45) is 9.98 Å². The molecule has 1 aromatic carbocycles. The maximum atomic E-state index is 4.88. The monoisotopic (exact) mass is 176 g/mol. The highest BCUT2D eigenvalue weighted by Crippen LogP contribution is 1.99. The quantitative estimate of drug-likeness (QED) is 0.538. The van der Waals surface area contributed by atoms with E-state index in [1.807, 2.05) is 12.1 Å². The van der Waals surface area contributed by atoms with Crippen LogP contribution in [-0.2, 0) is 0 Å². The van der Waals surface area contributed by atoms with Gasteiger partial charge in [-0.05, 0) is 49.3 Å². The summed E-state index contributed by atoms with van der Waals surface area (Å²) in [6.45, 7) is 4.12. The van der Waals surface area contributed by atoms with E-state index in [9.17, 15) is 0 Å². The van der Waals surface area contributed by atoms with E-state index in [0.717, 1.165) is 10.7 Å². The van der Waals surface area contributed by atoms with Gasteiger partial charge in [0, 0.05) is 0 Å². The molecule has 0 amide bonds. The first-order valence-electron chi connectivity index (χ1n) is 3.75. The molecule has 0 spiro atoms. The number of hydrogen-bond donors (Lipinski definition) is 0. The van der Waals surface area contributed by atoms with E-state index in [4.69, 9.17) is 12.2 Å². The lowest BCUT2D eigenvalue weighted by molar-refractivity contribution is 1.25. The minimum Gasteiger partial charge on any atom is -0.217 e. The molecule has 0 saturated carbocycles. The second-order valence-corrected chi connectivity index (χ2v) is 3.30. The number of hydrogen-bond acceptors (Lipinski definition) is 1. The summed E-state index contributed by atoms with van der Waals surface area (Å²) in [7, 11) is 0. The Morgan fingerprint density at radius 2 is 1.42 bits per heavy atom.